The van der Waals surface area contributed by atoms with Crippen LogP contribution >= 0.6 is 0 Å². The fourth-order valence-electron chi connectivity index (χ4n) is 4.69. The van der Waals surface area contributed by atoms with Gasteiger partial charge in [-0.2, -0.15) is 13.2 Å². The lowest BCUT2D eigenvalue weighted by atomic mass is 9.96. The molecule has 0 radical (unpaired) electrons. The van der Waals surface area contributed by atoms with Crippen LogP contribution in [-0.2, 0) is 12.7 Å². The van der Waals surface area contributed by atoms with Crippen molar-refractivity contribution in [2.45, 2.75) is 56.8 Å². The lowest BCUT2D eigenvalue weighted by molar-refractivity contribution is -0.139. The Morgan fingerprint density at radius 3 is 2.62 bits per heavy atom. The molecule has 4 rings (SSSR count). The zero-order chi connectivity index (χ0) is 22.9. The Morgan fingerprint density at radius 2 is 1.94 bits per heavy atom. The third kappa shape index (κ3) is 4.74. The van der Waals surface area contributed by atoms with Crippen molar-refractivity contribution in [3.8, 4) is 11.3 Å². The molecule has 1 atom stereocenters. The maximum absolute atomic E-state index is 13.8. The molecule has 1 aromatic heterocycles. The summed E-state index contributed by atoms with van der Waals surface area (Å²) >= 11 is 0. The summed E-state index contributed by atoms with van der Waals surface area (Å²) in [6.45, 7) is 2.49. The Morgan fingerprint density at radius 1 is 1.19 bits per heavy atom. The molecule has 2 fully saturated rings. The van der Waals surface area contributed by atoms with Crippen molar-refractivity contribution in [2.24, 2.45) is 0 Å². The topological polar surface area (TPSA) is 70.4 Å². The van der Waals surface area contributed by atoms with Gasteiger partial charge < -0.3 is 19.9 Å². The highest BCUT2D eigenvalue weighted by Gasteiger charge is 2.35. The van der Waals surface area contributed by atoms with E-state index >= 15 is 0 Å². The van der Waals surface area contributed by atoms with Crippen LogP contribution in [0, 0.1) is 5.82 Å². The number of imidazole rings is 1. The molecule has 2 aliphatic rings. The zero-order valence-corrected chi connectivity index (χ0v) is 17.5. The summed E-state index contributed by atoms with van der Waals surface area (Å²) in [6.07, 6.45) is 0.0408. The molecule has 0 saturated carbocycles. The first kappa shape index (κ1) is 22.6. The normalized spacial score (nSPS) is 20.5. The summed E-state index contributed by atoms with van der Waals surface area (Å²) in [6, 6.07) is 2.68. The van der Waals surface area contributed by atoms with E-state index in [4.69, 9.17) is 0 Å². The van der Waals surface area contributed by atoms with Crippen LogP contribution in [-0.4, -0.2) is 51.3 Å². The Balaban J connectivity index is 1.71. The molecule has 174 valence electrons. The largest absolute Gasteiger partial charge is 0.465 e. The SMILES string of the molecule is O=C(O)N1CCCCC1Cn1cc(-c2ccc(F)c(C(F)(F)F)c2)nc1C1CCNCC1. The molecule has 0 bridgehead atoms. The zero-order valence-electron chi connectivity index (χ0n) is 17.5. The second-order valence-electron chi connectivity index (χ2n) is 8.48. The Hall–Kier alpha value is -2.62. The molecule has 10 heteroatoms. The number of aromatic nitrogens is 2. The van der Waals surface area contributed by atoms with Gasteiger partial charge in [-0.15, -0.1) is 0 Å². The number of nitrogens with zero attached hydrogens (tertiary/aromatic N) is 3. The third-order valence-corrected chi connectivity index (χ3v) is 6.36. The first-order valence-corrected chi connectivity index (χ1v) is 10.9. The number of alkyl halides is 3. The molecular formula is C22H26F4N4O2. The number of benzene rings is 1. The van der Waals surface area contributed by atoms with E-state index < -0.39 is 23.7 Å². The van der Waals surface area contributed by atoms with Gasteiger partial charge in [0.1, 0.15) is 11.6 Å². The number of nitrogens with one attached hydrogen (secondary N) is 1. The first-order valence-electron chi connectivity index (χ1n) is 10.9. The predicted molar refractivity (Wildman–Crippen MR) is 110 cm³/mol. The van der Waals surface area contributed by atoms with Gasteiger partial charge in [0.25, 0.3) is 0 Å². The fourth-order valence-corrected chi connectivity index (χ4v) is 4.69. The number of rotatable bonds is 4. The molecule has 3 heterocycles. The van der Waals surface area contributed by atoms with E-state index in [0.29, 0.717) is 18.8 Å². The fraction of sp³-hybridized carbons (Fsp3) is 0.545. The number of amides is 1. The summed E-state index contributed by atoms with van der Waals surface area (Å²) in [7, 11) is 0. The molecule has 2 aromatic rings. The maximum atomic E-state index is 13.8. The van der Waals surface area contributed by atoms with E-state index in [0.717, 1.165) is 63.2 Å². The number of piperidine rings is 2. The lowest BCUT2D eigenvalue weighted by Crippen LogP contribution is -2.45. The number of likely N-dealkylation sites (tertiary alicyclic amines) is 1. The van der Waals surface area contributed by atoms with Crippen molar-refractivity contribution in [2.75, 3.05) is 19.6 Å². The highest BCUT2D eigenvalue weighted by atomic mass is 19.4. The van der Waals surface area contributed by atoms with Crippen molar-refractivity contribution < 1.29 is 27.5 Å². The highest BCUT2D eigenvalue weighted by molar-refractivity contribution is 5.65. The first-order chi connectivity index (χ1) is 15.2. The van der Waals surface area contributed by atoms with Gasteiger partial charge in [0.15, 0.2) is 0 Å². The minimum atomic E-state index is -4.80. The van der Waals surface area contributed by atoms with Gasteiger partial charge in [-0.3, -0.25) is 0 Å². The molecule has 2 aliphatic heterocycles. The van der Waals surface area contributed by atoms with Crippen molar-refractivity contribution >= 4 is 6.09 Å². The van der Waals surface area contributed by atoms with E-state index in [-0.39, 0.29) is 17.5 Å². The van der Waals surface area contributed by atoms with Crippen LogP contribution in [0.25, 0.3) is 11.3 Å². The van der Waals surface area contributed by atoms with E-state index in [1.807, 2.05) is 4.57 Å². The summed E-state index contributed by atoms with van der Waals surface area (Å²) in [5.41, 5.74) is -0.801. The second kappa shape index (κ2) is 9.09. The summed E-state index contributed by atoms with van der Waals surface area (Å²) in [5, 5.41) is 12.9. The van der Waals surface area contributed by atoms with Crippen molar-refractivity contribution in [1.82, 2.24) is 19.8 Å². The summed E-state index contributed by atoms with van der Waals surface area (Å²) < 4.78 is 55.3. The molecule has 2 N–H and O–H groups in total. The van der Waals surface area contributed by atoms with Gasteiger partial charge in [0.2, 0.25) is 0 Å². The smallest absolute Gasteiger partial charge is 0.419 e. The van der Waals surface area contributed by atoms with Gasteiger partial charge in [-0.05, 0) is 63.4 Å². The Kier molecular flexibility index (Phi) is 6.41. The summed E-state index contributed by atoms with van der Waals surface area (Å²) in [5.74, 6) is -0.455. The van der Waals surface area contributed by atoms with E-state index in [2.05, 4.69) is 10.3 Å². The number of hydrogen-bond acceptors (Lipinski definition) is 3. The Labute approximate surface area is 183 Å². The highest BCUT2D eigenvalue weighted by Crippen LogP contribution is 2.35. The maximum Gasteiger partial charge on any atom is 0.419 e. The van der Waals surface area contributed by atoms with E-state index in [1.54, 1.807) is 6.20 Å². The number of carboxylic acid groups (broad SMARTS) is 1. The molecule has 0 aliphatic carbocycles. The Bertz CT molecular complexity index is 969. The average molecular weight is 454 g/mol. The molecular weight excluding hydrogens is 428 g/mol. The molecule has 1 amide bonds. The second-order valence-corrected chi connectivity index (χ2v) is 8.48. The monoisotopic (exact) mass is 454 g/mol. The van der Waals surface area contributed by atoms with Crippen LogP contribution < -0.4 is 5.32 Å². The lowest BCUT2D eigenvalue weighted by Gasteiger charge is -2.34. The van der Waals surface area contributed by atoms with Gasteiger partial charge in [0.05, 0.1) is 17.3 Å². The van der Waals surface area contributed by atoms with Crippen molar-refractivity contribution in [1.29, 1.82) is 0 Å². The molecule has 6 nitrogen and oxygen atoms in total. The van der Waals surface area contributed by atoms with E-state index in [9.17, 15) is 27.5 Å². The van der Waals surface area contributed by atoms with Crippen LogP contribution in [0.4, 0.5) is 22.4 Å². The van der Waals surface area contributed by atoms with Crippen LogP contribution in [0.2, 0.25) is 0 Å². The number of carbonyl (C=O) groups is 1. The van der Waals surface area contributed by atoms with Crippen LogP contribution in [0.5, 0.6) is 0 Å². The molecule has 2 saturated heterocycles. The minimum absolute atomic E-state index is 0.120. The number of halogens is 4. The van der Waals surface area contributed by atoms with Crippen LogP contribution in [0.1, 0.15) is 49.4 Å². The standard InChI is InChI=1S/C22H26F4N4O2/c23-18-5-4-15(11-17(18)22(24,25)26)19-13-29(20(28-19)14-6-8-27-9-7-14)12-16-3-1-2-10-30(16)21(31)32/h4-5,11,13-14,16,27H,1-3,6-10,12H2,(H,31,32). The summed E-state index contributed by atoms with van der Waals surface area (Å²) in [4.78, 5) is 17.8. The van der Waals surface area contributed by atoms with Gasteiger partial charge in [0, 0.05) is 30.8 Å². The molecule has 0 spiro atoms. The van der Waals surface area contributed by atoms with Gasteiger partial charge >= 0.3 is 12.3 Å². The number of hydrogen-bond donors (Lipinski definition) is 2. The molecule has 1 aromatic carbocycles. The minimum Gasteiger partial charge on any atom is -0.465 e. The van der Waals surface area contributed by atoms with Crippen LogP contribution in [0.15, 0.2) is 24.4 Å². The van der Waals surface area contributed by atoms with Crippen molar-refractivity contribution in [3.05, 3.63) is 41.6 Å². The van der Waals surface area contributed by atoms with Crippen LogP contribution in [0.3, 0.4) is 0 Å². The van der Waals surface area contributed by atoms with Gasteiger partial charge in [-0.1, -0.05) is 0 Å². The molecule has 1 unspecified atom stereocenters. The van der Waals surface area contributed by atoms with Crippen molar-refractivity contribution in [3.63, 3.8) is 0 Å². The third-order valence-electron chi connectivity index (χ3n) is 6.36. The predicted octanol–water partition coefficient (Wildman–Crippen LogP) is 4.71. The van der Waals surface area contributed by atoms with E-state index in [1.165, 1.54) is 11.0 Å². The molecule has 32 heavy (non-hydrogen) atoms. The van der Waals surface area contributed by atoms with Gasteiger partial charge in [-0.25, -0.2) is 14.2 Å². The average Bonchev–Trinajstić information content (AvgIpc) is 3.18. The quantitative estimate of drug-likeness (QED) is 0.657.